The highest BCUT2D eigenvalue weighted by Crippen LogP contribution is 2.44. The summed E-state index contributed by atoms with van der Waals surface area (Å²) in [6, 6.07) is 19.6. The maximum Gasteiger partial charge on any atom is 0.407 e. The number of rotatable bonds is 7. The Morgan fingerprint density at radius 2 is 1.45 bits per heavy atom. The van der Waals surface area contributed by atoms with Crippen molar-refractivity contribution in [1.82, 2.24) is 10.6 Å². The molecule has 0 atom stereocenters. The minimum atomic E-state index is -1.10. The lowest BCUT2D eigenvalue weighted by Crippen LogP contribution is -2.32. The van der Waals surface area contributed by atoms with Gasteiger partial charge in [0.2, 0.25) is 0 Å². The molecule has 0 spiro atoms. The van der Waals surface area contributed by atoms with Crippen molar-refractivity contribution in [2.45, 2.75) is 52.3 Å². The number of hydrogen-bond donors (Lipinski definition) is 3. The number of fused-ring (bicyclic) bond motifs is 3. The molecule has 3 aromatic rings. The minimum Gasteiger partial charge on any atom is -0.478 e. The molecule has 0 heterocycles. The van der Waals surface area contributed by atoms with Gasteiger partial charge in [-0.05, 0) is 66.6 Å². The summed E-state index contributed by atoms with van der Waals surface area (Å²) >= 11 is 0. The van der Waals surface area contributed by atoms with Crippen molar-refractivity contribution in [3.05, 3.63) is 94.0 Å². The summed E-state index contributed by atoms with van der Waals surface area (Å²) in [6.45, 7) is 7.21. The fourth-order valence-electron chi connectivity index (χ4n) is 4.79. The average Bonchev–Trinajstić information content (AvgIpc) is 3.17. The zero-order valence-electron chi connectivity index (χ0n) is 22.0. The molecule has 3 N–H and O–H groups in total. The van der Waals surface area contributed by atoms with E-state index in [1.54, 1.807) is 39.8 Å². The Kier molecular flexibility index (Phi) is 7.71. The molecule has 2 amide bonds. The van der Waals surface area contributed by atoms with Gasteiger partial charge in [-0.15, -0.1) is 0 Å². The summed E-state index contributed by atoms with van der Waals surface area (Å²) in [5.74, 6) is -1.14. The molecule has 0 unspecified atom stereocenters. The standard InChI is InChI=1S/C30H32N2O6/c1-18-13-19(14-20(26(18)27(33)34)16-32-29(36)38-30(2,3)4)15-31-28(35)37-17-25-23-11-7-5-9-21(23)22-10-6-8-12-24(22)25/h5-14,25H,15-17H2,1-4H3,(H,31,35)(H,32,36)(H,33,34). The van der Waals surface area contributed by atoms with Crippen LogP contribution in [-0.2, 0) is 22.6 Å². The molecule has 0 fully saturated rings. The Balaban J connectivity index is 1.40. The van der Waals surface area contributed by atoms with Crippen LogP contribution in [-0.4, -0.2) is 35.5 Å². The predicted octanol–water partition coefficient (Wildman–Crippen LogP) is 5.76. The molecule has 38 heavy (non-hydrogen) atoms. The van der Waals surface area contributed by atoms with Crippen molar-refractivity contribution < 1.29 is 29.0 Å². The van der Waals surface area contributed by atoms with Gasteiger partial charge in [-0.2, -0.15) is 0 Å². The van der Waals surface area contributed by atoms with Crippen LogP contribution in [0.4, 0.5) is 9.59 Å². The van der Waals surface area contributed by atoms with Crippen LogP contribution in [0.15, 0.2) is 60.7 Å². The number of ether oxygens (including phenoxy) is 2. The Labute approximate surface area is 222 Å². The molecular formula is C30H32N2O6. The van der Waals surface area contributed by atoms with Crippen LogP contribution in [0.5, 0.6) is 0 Å². The number of amides is 2. The SMILES string of the molecule is Cc1cc(CNC(=O)OCC2c3ccccc3-c3ccccc32)cc(CNC(=O)OC(C)(C)C)c1C(=O)O. The maximum atomic E-state index is 12.6. The molecular weight excluding hydrogens is 484 g/mol. The molecule has 4 rings (SSSR count). The van der Waals surface area contributed by atoms with Gasteiger partial charge in [0.15, 0.2) is 0 Å². The first kappa shape index (κ1) is 26.7. The van der Waals surface area contributed by atoms with Crippen LogP contribution in [0, 0.1) is 6.92 Å². The third-order valence-corrected chi connectivity index (χ3v) is 6.29. The summed E-state index contributed by atoms with van der Waals surface area (Å²) < 4.78 is 10.8. The number of benzene rings is 3. The first-order valence-electron chi connectivity index (χ1n) is 12.4. The topological polar surface area (TPSA) is 114 Å². The van der Waals surface area contributed by atoms with E-state index in [1.807, 2.05) is 24.3 Å². The molecule has 0 saturated carbocycles. The van der Waals surface area contributed by atoms with Gasteiger partial charge in [-0.3, -0.25) is 0 Å². The molecule has 0 aromatic heterocycles. The summed E-state index contributed by atoms with van der Waals surface area (Å²) in [5.41, 5.74) is 5.60. The van der Waals surface area contributed by atoms with E-state index in [2.05, 4.69) is 34.9 Å². The average molecular weight is 517 g/mol. The number of hydrogen-bond acceptors (Lipinski definition) is 5. The number of carboxylic acids is 1. The summed E-state index contributed by atoms with van der Waals surface area (Å²) in [7, 11) is 0. The molecule has 1 aliphatic carbocycles. The highest BCUT2D eigenvalue weighted by Gasteiger charge is 2.29. The van der Waals surface area contributed by atoms with E-state index >= 15 is 0 Å². The van der Waals surface area contributed by atoms with Crippen LogP contribution in [0.1, 0.15) is 64.9 Å². The predicted molar refractivity (Wildman–Crippen MR) is 143 cm³/mol. The lowest BCUT2D eigenvalue weighted by Gasteiger charge is -2.20. The van der Waals surface area contributed by atoms with Crippen LogP contribution < -0.4 is 10.6 Å². The van der Waals surface area contributed by atoms with Crippen molar-refractivity contribution in [3.8, 4) is 11.1 Å². The molecule has 3 aromatic carbocycles. The van der Waals surface area contributed by atoms with Crippen molar-refractivity contribution in [2.75, 3.05) is 6.61 Å². The monoisotopic (exact) mass is 516 g/mol. The summed E-state index contributed by atoms with van der Waals surface area (Å²) in [6.07, 6.45) is -1.21. The fourth-order valence-corrected chi connectivity index (χ4v) is 4.79. The van der Waals surface area contributed by atoms with E-state index in [1.165, 1.54) is 0 Å². The van der Waals surface area contributed by atoms with Crippen molar-refractivity contribution in [1.29, 1.82) is 0 Å². The minimum absolute atomic E-state index is 0.0316. The van der Waals surface area contributed by atoms with Gasteiger partial charge < -0.3 is 25.2 Å². The molecule has 0 aliphatic heterocycles. The van der Waals surface area contributed by atoms with Crippen molar-refractivity contribution in [2.24, 2.45) is 0 Å². The van der Waals surface area contributed by atoms with E-state index in [0.29, 0.717) is 16.7 Å². The normalized spacial score (nSPS) is 12.3. The number of alkyl carbamates (subject to hydrolysis) is 2. The van der Waals surface area contributed by atoms with Gasteiger partial charge >= 0.3 is 18.2 Å². The Bertz CT molecular complexity index is 1330. The van der Waals surface area contributed by atoms with E-state index in [4.69, 9.17) is 9.47 Å². The van der Waals surface area contributed by atoms with E-state index in [9.17, 15) is 19.5 Å². The molecule has 0 saturated heterocycles. The second-order valence-corrected chi connectivity index (χ2v) is 10.3. The third-order valence-electron chi connectivity index (χ3n) is 6.29. The van der Waals surface area contributed by atoms with Gasteiger partial charge in [0, 0.05) is 19.0 Å². The summed E-state index contributed by atoms with van der Waals surface area (Å²) in [4.78, 5) is 36.5. The fraction of sp³-hybridized carbons (Fsp3) is 0.300. The van der Waals surface area contributed by atoms with Crippen molar-refractivity contribution >= 4 is 18.2 Å². The number of carbonyl (C=O) groups is 3. The van der Waals surface area contributed by atoms with Gasteiger partial charge in [-0.1, -0.05) is 60.7 Å². The summed E-state index contributed by atoms with van der Waals surface area (Å²) in [5, 5.41) is 15.0. The first-order chi connectivity index (χ1) is 18.0. The van der Waals surface area contributed by atoms with E-state index in [-0.39, 0.29) is 31.2 Å². The molecule has 8 nitrogen and oxygen atoms in total. The number of carbonyl (C=O) groups excluding carboxylic acids is 2. The Morgan fingerprint density at radius 1 is 0.868 bits per heavy atom. The zero-order chi connectivity index (χ0) is 27.4. The first-order valence-corrected chi connectivity index (χ1v) is 12.4. The number of nitrogens with one attached hydrogen (secondary N) is 2. The second-order valence-electron chi connectivity index (χ2n) is 10.3. The number of carboxylic acid groups (broad SMARTS) is 1. The molecule has 198 valence electrons. The van der Waals surface area contributed by atoms with Gasteiger partial charge in [0.05, 0.1) is 5.56 Å². The third kappa shape index (κ3) is 6.14. The lowest BCUT2D eigenvalue weighted by atomic mass is 9.98. The quantitative estimate of drug-likeness (QED) is 0.368. The van der Waals surface area contributed by atoms with E-state index in [0.717, 1.165) is 22.3 Å². The smallest absolute Gasteiger partial charge is 0.407 e. The van der Waals surface area contributed by atoms with Crippen molar-refractivity contribution in [3.63, 3.8) is 0 Å². The van der Waals surface area contributed by atoms with E-state index < -0.39 is 23.8 Å². The Hall–Kier alpha value is -4.33. The molecule has 0 bridgehead atoms. The number of aryl methyl sites for hydroxylation is 1. The molecule has 1 aliphatic rings. The van der Waals surface area contributed by atoms with Gasteiger partial charge in [-0.25, -0.2) is 14.4 Å². The van der Waals surface area contributed by atoms with Crippen LogP contribution in [0.2, 0.25) is 0 Å². The lowest BCUT2D eigenvalue weighted by molar-refractivity contribution is 0.0520. The zero-order valence-corrected chi connectivity index (χ0v) is 22.0. The number of aromatic carboxylic acids is 1. The largest absolute Gasteiger partial charge is 0.478 e. The maximum absolute atomic E-state index is 12.6. The second kappa shape index (κ2) is 11.0. The Morgan fingerprint density at radius 3 is 2.03 bits per heavy atom. The highest BCUT2D eigenvalue weighted by molar-refractivity contribution is 5.91. The van der Waals surface area contributed by atoms with Gasteiger partial charge in [0.25, 0.3) is 0 Å². The van der Waals surface area contributed by atoms with Crippen LogP contribution in [0.3, 0.4) is 0 Å². The van der Waals surface area contributed by atoms with Gasteiger partial charge in [0.1, 0.15) is 12.2 Å². The molecule has 8 heteroatoms. The highest BCUT2D eigenvalue weighted by atomic mass is 16.6. The molecule has 0 radical (unpaired) electrons. The van der Waals surface area contributed by atoms with Crippen LogP contribution in [0.25, 0.3) is 11.1 Å². The van der Waals surface area contributed by atoms with Crippen LogP contribution >= 0.6 is 0 Å².